The van der Waals surface area contributed by atoms with Gasteiger partial charge in [0.05, 0.1) is 23.4 Å². The second kappa shape index (κ2) is 17.3. The molecule has 244 valence electrons. The molecule has 0 radical (unpaired) electrons. The zero-order chi connectivity index (χ0) is 32.9. The number of nitrogens with two attached hydrogens (primary N) is 2. The van der Waals surface area contributed by atoms with Gasteiger partial charge in [0.1, 0.15) is 30.5 Å². The average molecular weight is 627 g/mol. The smallest absolute Gasteiger partial charge is 0.257 e. The van der Waals surface area contributed by atoms with Crippen molar-refractivity contribution in [2.45, 2.75) is 32.8 Å². The summed E-state index contributed by atoms with van der Waals surface area (Å²) in [6, 6.07) is 13.5. The number of rotatable bonds is 17. The van der Waals surface area contributed by atoms with Crippen LogP contribution in [0.25, 0.3) is 0 Å². The number of hydrogen-bond acceptors (Lipinski definition) is 11. The van der Waals surface area contributed by atoms with Gasteiger partial charge in [-0.15, -0.1) is 0 Å². The molecule has 0 saturated heterocycles. The summed E-state index contributed by atoms with van der Waals surface area (Å²) in [6.45, 7) is 5.49. The van der Waals surface area contributed by atoms with Crippen molar-refractivity contribution in [1.29, 1.82) is 0 Å². The molecule has 3 aromatic carbocycles. The molecule has 2 amide bonds. The molecule has 0 aromatic heterocycles. The summed E-state index contributed by atoms with van der Waals surface area (Å²) >= 11 is 0. The molecular weight excluding hydrogens is 584 g/mol. The van der Waals surface area contributed by atoms with Gasteiger partial charge in [-0.05, 0) is 66.9 Å². The molecule has 0 aliphatic heterocycles. The van der Waals surface area contributed by atoms with Gasteiger partial charge in [0.15, 0.2) is 12.6 Å². The standard InChI is InChI=1S/C32H42N4O9/c1-19(2)10-13-43-21-5-8-27(35-29(37)24-16-20(44-14-11-33)4-7-23(24)31(39)40)25(17-21)30(38)36-28-9-6-22(45-15-12-34)18-26(28)32(41)42-3/h4-9,16-19,31-32,39-41H,10-15,33-34H2,1-3H3,(H,35,37)(H,36,38). The molecule has 9 N–H and O–H groups in total. The van der Waals surface area contributed by atoms with E-state index in [9.17, 15) is 24.9 Å². The molecule has 0 spiro atoms. The van der Waals surface area contributed by atoms with Crippen LogP contribution in [0.4, 0.5) is 11.4 Å². The maximum Gasteiger partial charge on any atom is 0.257 e. The lowest BCUT2D eigenvalue weighted by molar-refractivity contribution is -0.0765. The molecule has 13 heteroatoms. The molecule has 45 heavy (non-hydrogen) atoms. The first kappa shape index (κ1) is 35.2. The van der Waals surface area contributed by atoms with Crippen molar-refractivity contribution in [2.24, 2.45) is 17.4 Å². The molecular formula is C32H42N4O9. The number of aliphatic hydroxyl groups excluding tert-OH is 2. The van der Waals surface area contributed by atoms with E-state index < -0.39 is 24.4 Å². The normalized spacial score (nSPS) is 11.8. The highest BCUT2D eigenvalue weighted by Crippen LogP contribution is 2.31. The van der Waals surface area contributed by atoms with Crippen LogP contribution in [0.3, 0.4) is 0 Å². The van der Waals surface area contributed by atoms with Crippen molar-refractivity contribution >= 4 is 23.2 Å². The summed E-state index contributed by atoms with van der Waals surface area (Å²) < 4.78 is 22.0. The van der Waals surface area contributed by atoms with Gasteiger partial charge in [-0.25, -0.2) is 0 Å². The summed E-state index contributed by atoms with van der Waals surface area (Å²) in [5.41, 5.74) is 11.5. The third-order valence-electron chi connectivity index (χ3n) is 6.53. The highest BCUT2D eigenvalue weighted by Gasteiger charge is 2.22. The highest BCUT2D eigenvalue weighted by atomic mass is 16.6. The second-order valence-corrected chi connectivity index (χ2v) is 10.4. The summed E-state index contributed by atoms with van der Waals surface area (Å²) in [6.07, 6.45) is -2.55. The van der Waals surface area contributed by atoms with Gasteiger partial charge < -0.3 is 56.4 Å². The Balaban J connectivity index is 1.99. The molecule has 3 rings (SSSR count). The number of carbonyl (C=O) groups is 2. The summed E-state index contributed by atoms with van der Waals surface area (Å²) in [5, 5.41) is 35.7. The first-order valence-electron chi connectivity index (χ1n) is 14.5. The van der Waals surface area contributed by atoms with Gasteiger partial charge >= 0.3 is 0 Å². The Labute approximate surface area is 262 Å². The molecule has 0 heterocycles. The van der Waals surface area contributed by atoms with E-state index in [0.29, 0.717) is 29.8 Å². The molecule has 0 aliphatic carbocycles. The van der Waals surface area contributed by atoms with Crippen LogP contribution in [-0.2, 0) is 4.74 Å². The Hall–Kier alpha value is -4.24. The number of ether oxygens (including phenoxy) is 4. The quantitative estimate of drug-likeness (QED) is 0.108. The van der Waals surface area contributed by atoms with Crippen molar-refractivity contribution in [3.05, 3.63) is 76.9 Å². The zero-order valence-electron chi connectivity index (χ0n) is 25.6. The minimum Gasteiger partial charge on any atom is -0.494 e. The Morgan fingerprint density at radius 2 is 1.22 bits per heavy atom. The summed E-state index contributed by atoms with van der Waals surface area (Å²) in [5.74, 6) is 0.139. The fourth-order valence-corrected chi connectivity index (χ4v) is 4.18. The average Bonchev–Trinajstić information content (AvgIpc) is 3.02. The van der Waals surface area contributed by atoms with Crippen LogP contribution in [0.2, 0.25) is 0 Å². The highest BCUT2D eigenvalue weighted by molar-refractivity contribution is 6.13. The largest absolute Gasteiger partial charge is 0.494 e. The number of methoxy groups -OCH3 is 1. The topological polar surface area (TPSA) is 208 Å². The number of nitrogens with one attached hydrogen (secondary N) is 2. The van der Waals surface area contributed by atoms with Gasteiger partial charge in [0.25, 0.3) is 11.8 Å². The third-order valence-corrected chi connectivity index (χ3v) is 6.53. The summed E-state index contributed by atoms with van der Waals surface area (Å²) in [4.78, 5) is 27.2. The lowest BCUT2D eigenvalue weighted by Crippen LogP contribution is -2.21. The Morgan fingerprint density at radius 3 is 1.80 bits per heavy atom. The lowest BCUT2D eigenvalue weighted by Gasteiger charge is -2.19. The first-order valence-corrected chi connectivity index (χ1v) is 14.5. The maximum atomic E-state index is 13.8. The maximum absolute atomic E-state index is 13.8. The number of benzene rings is 3. The third kappa shape index (κ3) is 10.1. The molecule has 13 nitrogen and oxygen atoms in total. The van der Waals surface area contributed by atoms with Crippen LogP contribution in [0, 0.1) is 5.92 Å². The van der Waals surface area contributed by atoms with E-state index in [0.717, 1.165) is 6.42 Å². The van der Waals surface area contributed by atoms with Crippen molar-refractivity contribution in [3.63, 3.8) is 0 Å². The van der Waals surface area contributed by atoms with E-state index in [1.807, 2.05) is 0 Å². The van der Waals surface area contributed by atoms with Crippen molar-refractivity contribution in [2.75, 3.05) is 50.7 Å². The van der Waals surface area contributed by atoms with Crippen molar-refractivity contribution < 1.29 is 43.9 Å². The fourth-order valence-electron chi connectivity index (χ4n) is 4.18. The van der Waals surface area contributed by atoms with Crippen LogP contribution >= 0.6 is 0 Å². The predicted molar refractivity (Wildman–Crippen MR) is 168 cm³/mol. The van der Waals surface area contributed by atoms with Crippen LogP contribution in [0.1, 0.15) is 64.7 Å². The number of aliphatic hydroxyl groups is 3. The van der Waals surface area contributed by atoms with Gasteiger partial charge in [0, 0.05) is 37.0 Å². The SMILES string of the molecule is COC(O)c1cc(OCCN)ccc1NC(=O)c1cc(OCCC(C)C)ccc1NC(=O)c1cc(OCCN)ccc1C(O)O. The molecule has 0 aliphatic rings. The van der Waals surface area contributed by atoms with Crippen LogP contribution in [0.15, 0.2) is 54.6 Å². The van der Waals surface area contributed by atoms with E-state index in [4.69, 9.17) is 30.4 Å². The van der Waals surface area contributed by atoms with Gasteiger partial charge in [-0.3, -0.25) is 9.59 Å². The number of hydrogen-bond donors (Lipinski definition) is 7. The predicted octanol–water partition coefficient (Wildman–Crippen LogP) is 2.91. The van der Waals surface area contributed by atoms with E-state index in [1.165, 1.54) is 43.5 Å². The Bertz CT molecular complexity index is 1430. The molecule has 1 atom stereocenters. The lowest BCUT2D eigenvalue weighted by atomic mass is 10.0. The van der Waals surface area contributed by atoms with E-state index in [-0.39, 0.29) is 59.9 Å². The number of carbonyl (C=O) groups excluding carboxylic acids is 2. The Kier molecular flexibility index (Phi) is 13.5. The Morgan fingerprint density at radius 1 is 0.711 bits per heavy atom. The number of amides is 2. The molecule has 1 unspecified atom stereocenters. The molecule has 0 bridgehead atoms. The first-order chi connectivity index (χ1) is 21.6. The summed E-state index contributed by atoms with van der Waals surface area (Å²) in [7, 11) is 1.31. The van der Waals surface area contributed by atoms with E-state index >= 15 is 0 Å². The van der Waals surface area contributed by atoms with Gasteiger partial charge in [-0.1, -0.05) is 13.8 Å². The molecule has 0 saturated carbocycles. The van der Waals surface area contributed by atoms with Crippen LogP contribution < -0.4 is 36.3 Å². The van der Waals surface area contributed by atoms with Crippen LogP contribution in [-0.4, -0.2) is 67.2 Å². The minimum atomic E-state index is -1.95. The van der Waals surface area contributed by atoms with Gasteiger partial charge in [0.2, 0.25) is 0 Å². The fraction of sp³-hybridized carbons (Fsp3) is 0.375. The second-order valence-electron chi connectivity index (χ2n) is 10.4. The molecule has 3 aromatic rings. The zero-order valence-corrected chi connectivity index (χ0v) is 25.6. The monoisotopic (exact) mass is 626 g/mol. The van der Waals surface area contributed by atoms with E-state index in [2.05, 4.69) is 24.5 Å². The van der Waals surface area contributed by atoms with Crippen molar-refractivity contribution in [3.8, 4) is 17.2 Å². The van der Waals surface area contributed by atoms with Gasteiger partial charge in [-0.2, -0.15) is 0 Å². The number of anilines is 2. The van der Waals surface area contributed by atoms with E-state index in [1.54, 1.807) is 18.2 Å². The van der Waals surface area contributed by atoms with Crippen LogP contribution in [0.5, 0.6) is 17.2 Å². The van der Waals surface area contributed by atoms with Crippen molar-refractivity contribution in [1.82, 2.24) is 0 Å². The minimum absolute atomic E-state index is 0.0355. The molecule has 0 fully saturated rings.